The van der Waals surface area contributed by atoms with Crippen molar-refractivity contribution < 1.29 is 9.90 Å². The molecule has 0 aliphatic heterocycles. The zero-order valence-corrected chi connectivity index (χ0v) is 7.50. The van der Waals surface area contributed by atoms with Crippen molar-refractivity contribution in [3.8, 4) is 0 Å². The number of rotatable bonds is 4. The van der Waals surface area contributed by atoms with Crippen LogP contribution in [0.15, 0.2) is 36.5 Å². The largest absolute Gasteiger partial charge is 0.478 e. The molecule has 1 atom stereocenters. The van der Waals surface area contributed by atoms with E-state index in [1.807, 2.05) is 6.92 Å². The average Bonchev–Trinajstić information content (AvgIpc) is 1.98. The first-order valence-electron chi connectivity index (χ1n) is 3.68. The Morgan fingerprint density at radius 3 is 2.25 bits per heavy atom. The Hall–Kier alpha value is -1.31. The molecule has 1 N–H and O–H groups in total. The molecule has 0 heterocycles. The topological polar surface area (TPSA) is 37.3 Å². The predicted molar refractivity (Wildman–Crippen MR) is 49.9 cm³/mol. The molecule has 2 nitrogen and oxygen atoms in total. The van der Waals surface area contributed by atoms with Gasteiger partial charge in [0.15, 0.2) is 0 Å². The third-order valence-corrected chi connectivity index (χ3v) is 1.59. The molecule has 0 rings (SSSR count). The van der Waals surface area contributed by atoms with Crippen LogP contribution in [-0.4, -0.2) is 11.1 Å². The van der Waals surface area contributed by atoms with Crippen molar-refractivity contribution in [1.29, 1.82) is 0 Å². The van der Waals surface area contributed by atoms with Gasteiger partial charge in [-0.2, -0.15) is 0 Å². The van der Waals surface area contributed by atoms with Crippen LogP contribution < -0.4 is 0 Å². The number of hydrogen-bond acceptors (Lipinski definition) is 1. The van der Waals surface area contributed by atoms with E-state index in [1.165, 1.54) is 0 Å². The maximum atomic E-state index is 10.4. The number of carboxylic acid groups (broad SMARTS) is 1. The van der Waals surface area contributed by atoms with Gasteiger partial charge in [0.1, 0.15) is 0 Å². The highest BCUT2D eigenvalue weighted by molar-refractivity contribution is 5.85. The van der Waals surface area contributed by atoms with Crippen molar-refractivity contribution in [1.82, 2.24) is 0 Å². The van der Waals surface area contributed by atoms with Gasteiger partial charge in [-0.05, 0) is 13.8 Å². The molecule has 0 amide bonds. The van der Waals surface area contributed by atoms with Crippen molar-refractivity contribution in [2.45, 2.75) is 13.8 Å². The second kappa shape index (κ2) is 4.54. The van der Waals surface area contributed by atoms with Crippen LogP contribution in [-0.2, 0) is 4.79 Å². The van der Waals surface area contributed by atoms with Gasteiger partial charge in [0.2, 0.25) is 0 Å². The first-order chi connectivity index (χ1) is 5.49. The molecule has 0 fully saturated rings. The van der Waals surface area contributed by atoms with Crippen molar-refractivity contribution in [3.63, 3.8) is 0 Å². The molecule has 0 unspecified atom stereocenters. The summed E-state index contributed by atoms with van der Waals surface area (Å²) in [5.41, 5.74) is 1.22. The molecule has 0 radical (unpaired) electrons. The Kier molecular flexibility index (Phi) is 4.05. The molecule has 0 spiro atoms. The monoisotopic (exact) mass is 166 g/mol. The van der Waals surface area contributed by atoms with Crippen LogP contribution in [0, 0.1) is 5.92 Å². The minimum absolute atomic E-state index is 0.0406. The van der Waals surface area contributed by atoms with Gasteiger partial charge in [0.25, 0.3) is 0 Å². The molecule has 0 aromatic heterocycles. The molecular formula is C10H14O2. The van der Waals surface area contributed by atoms with Crippen LogP contribution in [0.25, 0.3) is 0 Å². The third-order valence-electron chi connectivity index (χ3n) is 1.59. The van der Waals surface area contributed by atoms with Gasteiger partial charge in [-0.3, -0.25) is 0 Å². The quantitative estimate of drug-likeness (QED) is 0.514. The van der Waals surface area contributed by atoms with Gasteiger partial charge in [-0.25, -0.2) is 4.79 Å². The second-order valence-electron chi connectivity index (χ2n) is 2.76. The van der Waals surface area contributed by atoms with E-state index < -0.39 is 5.97 Å². The minimum atomic E-state index is -0.900. The molecular weight excluding hydrogens is 152 g/mol. The number of aliphatic carboxylic acids is 1. The summed E-state index contributed by atoms with van der Waals surface area (Å²) in [7, 11) is 0. The summed E-state index contributed by atoms with van der Waals surface area (Å²) < 4.78 is 0. The van der Waals surface area contributed by atoms with E-state index in [1.54, 1.807) is 19.1 Å². The van der Waals surface area contributed by atoms with Gasteiger partial charge >= 0.3 is 5.97 Å². The maximum Gasteiger partial charge on any atom is 0.330 e. The Labute approximate surface area is 72.9 Å². The van der Waals surface area contributed by atoms with Gasteiger partial charge in [0, 0.05) is 11.5 Å². The average molecular weight is 166 g/mol. The van der Waals surface area contributed by atoms with E-state index in [2.05, 4.69) is 13.2 Å². The van der Waals surface area contributed by atoms with E-state index in [0.29, 0.717) is 5.57 Å². The van der Waals surface area contributed by atoms with Crippen LogP contribution in [0.5, 0.6) is 0 Å². The summed E-state index contributed by atoms with van der Waals surface area (Å²) in [6.07, 6.45) is 3.31. The van der Waals surface area contributed by atoms with Gasteiger partial charge in [-0.1, -0.05) is 24.3 Å². The first-order valence-corrected chi connectivity index (χ1v) is 3.68. The van der Waals surface area contributed by atoms with Gasteiger partial charge in [-0.15, -0.1) is 6.58 Å². The highest BCUT2D eigenvalue weighted by atomic mass is 16.4. The van der Waals surface area contributed by atoms with Crippen molar-refractivity contribution in [2.24, 2.45) is 5.92 Å². The normalized spacial score (nSPS) is 13.7. The molecule has 0 aliphatic rings. The lowest BCUT2D eigenvalue weighted by molar-refractivity contribution is -0.132. The lowest BCUT2D eigenvalue weighted by atomic mass is 9.99. The van der Waals surface area contributed by atoms with Crippen molar-refractivity contribution in [2.75, 3.05) is 0 Å². The highest BCUT2D eigenvalue weighted by Gasteiger charge is 2.05. The molecule has 12 heavy (non-hydrogen) atoms. The number of hydrogen-bond donors (Lipinski definition) is 1. The van der Waals surface area contributed by atoms with Crippen LogP contribution in [0.1, 0.15) is 13.8 Å². The fourth-order valence-corrected chi connectivity index (χ4v) is 0.752. The SMILES string of the molecule is C=C[C@@H](/C=C(\C)C(=O)O)C(=C)C. The molecule has 0 aromatic carbocycles. The summed E-state index contributed by atoms with van der Waals surface area (Å²) in [4.78, 5) is 10.4. The fraction of sp³-hybridized carbons (Fsp3) is 0.300. The lowest BCUT2D eigenvalue weighted by Gasteiger charge is -2.06. The number of allylic oxidation sites excluding steroid dienone is 3. The Bertz CT molecular complexity index is 236. The standard InChI is InChI=1S/C10H14O2/c1-5-9(7(2)3)6-8(4)10(11)12/h5-6,9H,1-2H2,3-4H3,(H,11,12)/b8-6+/t9-/m0/s1. The Balaban J connectivity index is 4.57. The Morgan fingerprint density at radius 2 is 2.00 bits per heavy atom. The van der Waals surface area contributed by atoms with E-state index in [9.17, 15) is 4.79 Å². The number of carboxylic acids is 1. The molecule has 2 heteroatoms. The molecule has 0 saturated carbocycles. The van der Waals surface area contributed by atoms with E-state index in [4.69, 9.17) is 5.11 Å². The fourth-order valence-electron chi connectivity index (χ4n) is 0.752. The van der Waals surface area contributed by atoms with E-state index >= 15 is 0 Å². The number of carbonyl (C=O) groups is 1. The van der Waals surface area contributed by atoms with Crippen molar-refractivity contribution in [3.05, 3.63) is 36.5 Å². The summed E-state index contributed by atoms with van der Waals surface area (Å²) in [5, 5.41) is 8.58. The van der Waals surface area contributed by atoms with Crippen molar-refractivity contribution >= 4 is 5.97 Å². The summed E-state index contributed by atoms with van der Waals surface area (Å²) >= 11 is 0. The molecule has 0 saturated heterocycles. The van der Waals surface area contributed by atoms with Crippen LogP contribution >= 0.6 is 0 Å². The predicted octanol–water partition coefficient (Wildman–Crippen LogP) is 2.40. The molecule has 0 aliphatic carbocycles. The zero-order chi connectivity index (χ0) is 9.72. The second-order valence-corrected chi connectivity index (χ2v) is 2.76. The van der Waals surface area contributed by atoms with Gasteiger partial charge in [0.05, 0.1) is 0 Å². The summed E-state index contributed by atoms with van der Waals surface area (Å²) in [5.74, 6) is -0.941. The van der Waals surface area contributed by atoms with Crippen LogP contribution in [0.3, 0.4) is 0 Å². The molecule has 0 bridgehead atoms. The smallest absolute Gasteiger partial charge is 0.330 e. The summed E-state index contributed by atoms with van der Waals surface area (Å²) in [6.45, 7) is 10.7. The highest BCUT2D eigenvalue weighted by Crippen LogP contribution is 2.13. The minimum Gasteiger partial charge on any atom is -0.478 e. The Morgan fingerprint density at radius 1 is 1.50 bits per heavy atom. The first kappa shape index (κ1) is 10.7. The molecule has 66 valence electrons. The lowest BCUT2D eigenvalue weighted by Crippen LogP contribution is -2.00. The van der Waals surface area contributed by atoms with E-state index in [-0.39, 0.29) is 5.92 Å². The van der Waals surface area contributed by atoms with E-state index in [0.717, 1.165) is 5.57 Å². The zero-order valence-electron chi connectivity index (χ0n) is 7.50. The molecule has 0 aromatic rings. The maximum absolute atomic E-state index is 10.4. The van der Waals surface area contributed by atoms with Crippen LogP contribution in [0.4, 0.5) is 0 Å². The third kappa shape index (κ3) is 3.19. The summed E-state index contributed by atoms with van der Waals surface area (Å²) in [6, 6.07) is 0. The van der Waals surface area contributed by atoms with Crippen LogP contribution in [0.2, 0.25) is 0 Å². The van der Waals surface area contributed by atoms with Gasteiger partial charge < -0.3 is 5.11 Å².